The molecular weight excluding hydrogens is 628 g/mol. The lowest BCUT2D eigenvalue weighted by Crippen LogP contribution is -2.47. The number of methoxy groups -OCH3 is 2. The molecule has 3 aromatic carbocycles. The van der Waals surface area contributed by atoms with E-state index < -0.39 is 10.2 Å². The standard InChI is InChI=1S/C33H41ClN6O5S/c1-24-28(34)5-4-6-30(24)38-15-13-37(14-16-38)12-11-29-27-21-32(43-2)33(44-3)22-31(27)40(35-29)23-25-7-9-26(10-8-25)36-46(41,42)39-17-19-45-20-18-39/h4-10,21-22,36H,11-20,23H2,1-3H3. The molecule has 2 fully saturated rings. The zero-order valence-corrected chi connectivity index (χ0v) is 28.1. The average molecular weight is 669 g/mol. The second-order valence-corrected chi connectivity index (χ2v) is 13.7. The molecular formula is C33H41ClN6O5S. The van der Waals surface area contributed by atoms with E-state index in [2.05, 4.69) is 27.5 Å². The van der Waals surface area contributed by atoms with Gasteiger partial charge in [0.1, 0.15) is 0 Å². The zero-order valence-electron chi connectivity index (χ0n) is 26.5. The fourth-order valence-electron chi connectivity index (χ4n) is 6.14. The molecule has 11 nitrogen and oxygen atoms in total. The van der Waals surface area contributed by atoms with Gasteiger partial charge in [-0.1, -0.05) is 29.8 Å². The third-order valence-electron chi connectivity index (χ3n) is 8.79. The molecule has 0 unspecified atom stereocenters. The monoisotopic (exact) mass is 668 g/mol. The fraction of sp³-hybridized carbons (Fsp3) is 0.424. The first-order chi connectivity index (χ1) is 22.3. The van der Waals surface area contributed by atoms with Crippen LogP contribution in [-0.2, 0) is 27.9 Å². The van der Waals surface area contributed by atoms with Crippen LogP contribution in [0.25, 0.3) is 10.9 Å². The van der Waals surface area contributed by atoms with Crippen molar-refractivity contribution in [2.45, 2.75) is 19.9 Å². The van der Waals surface area contributed by atoms with Gasteiger partial charge < -0.3 is 19.1 Å². The smallest absolute Gasteiger partial charge is 0.301 e. The van der Waals surface area contributed by atoms with Crippen molar-refractivity contribution in [3.05, 3.63) is 76.4 Å². The van der Waals surface area contributed by atoms with Gasteiger partial charge in [0, 0.05) is 80.1 Å². The minimum atomic E-state index is -3.64. The van der Waals surface area contributed by atoms with Crippen molar-refractivity contribution in [3.8, 4) is 11.5 Å². The third-order valence-corrected chi connectivity index (χ3v) is 10.7. The Morgan fingerprint density at radius 2 is 1.63 bits per heavy atom. The number of nitrogens with one attached hydrogen (secondary N) is 1. The van der Waals surface area contributed by atoms with Crippen LogP contribution in [0.4, 0.5) is 11.4 Å². The van der Waals surface area contributed by atoms with Crippen molar-refractivity contribution < 1.29 is 22.6 Å². The van der Waals surface area contributed by atoms with E-state index in [0.29, 0.717) is 50.0 Å². The van der Waals surface area contributed by atoms with Gasteiger partial charge in [0.05, 0.1) is 45.2 Å². The van der Waals surface area contributed by atoms with Gasteiger partial charge in [-0.05, 0) is 48.4 Å². The van der Waals surface area contributed by atoms with Crippen LogP contribution in [-0.4, -0.2) is 101 Å². The van der Waals surface area contributed by atoms with E-state index in [9.17, 15) is 8.42 Å². The summed E-state index contributed by atoms with van der Waals surface area (Å²) in [7, 11) is -0.363. The Morgan fingerprint density at radius 1 is 0.935 bits per heavy atom. The average Bonchev–Trinajstić information content (AvgIpc) is 3.41. The molecule has 1 aromatic heterocycles. The van der Waals surface area contributed by atoms with Crippen LogP contribution in [0.15, 0.2) is 54.6 Å². The van der Waals surface area contributed by atoms with Crippen LogP contribution in [0.1, 0.15) is 16.8 Å². The molecule has 0 aliphatic carbocycles. The highest BCUT2D eigenvalue weighted by Crippen LogP contribution is 2.34. The minimum Gasteiger partial charge on any atom is -0.493 e. The Kier molecular flexibility index (Phi) is 9.90. The molecule has 0 radical (unpaired) electrons. The molecule has 2 aliphatic rings. The van der Waals surface area contributed by atoms with Gasteiger partial charge in [-0.2, -0.15) is 17.8 Å². The number of anilines is 2. The summed E-state index contributed by atoms with van der Waals surface area (Å²) in [5, 5.41) is 6.90. The lowest BCUT2D eigenvalue weighted by Gasteiger charge is -2.36. The molecule has 2 aliphatic heterocycles. The van der Waals surface area contributed by atoms with E-state index in [1.165, 1.54) is 9.99 Å². The van der Waals surface area contributed by atoms with Gasteiger partial charge in [-0.3, -0.25) is 14.3 Å². The van der Waals surface area contributed by atoms with E-state index in [1.54, 1.807) is 26.4 Å². The van der Waals surface area contributed by atoms with Gasteiger partial charge in [-0.15, -0.1) is 0 Å². The fourth-order valence-corrected chi connectivity index (χ4v) is 7.50. The zero-order chi connectivity index (χ0) is 32.3. The third kappa shape index (κ3) is 7.06. The summed E-state index contributed by atoms with van der Waals surface area (Å²) in [5.41, 5.74) is 5.79. The first-order valence-corrected chi connectivity index (χ1v) is 17.4. The molecule has 3 heterocycles. The normalized spacial score (nSPS) is 16.6. The Balaban J connectivity index is 1.16. The van der Waals surface area contributed by atoms with Gasteiger partial charge in [0.15, 0.2) is 11.5 Å². The number of benzene rings is 3. The lowest BCUT2D eigenvalue weighted by atomic mass is 10.1. The van der Waals surface area contributed by atoms with Crippen LogP contribution in [0, 0.1) is 6.92 Å². The molecule has 13 heteroatoms. The number of nitrogens with zero attached hydrogens (tertiary/aromatic N) is 5. The van der Waals surface area contributed by atoms with Crippen molar-refractivity contribution in [2.24, 2.45) is 0 Å². The number of ether oxygens (including phenoxy) is 3. The van der Waals surface area contributed by atoms with Gasteiger partial charge >= 0.3 is 10.2 Å². The second kappa shape index (κ2) is 14.1. The Bertz CT molecular complexity index is 1770. The summed E-state index contributed by atoms with van der Waals surface area (Å²) in [6.45, 7) is 8.78. The van der Waals surface area contributed by atoms with E-state index in [0.717, 1.165) is 71.9 Å². The predicted octanol–water partition coefficient (Wildman–Crippen LogP) is 4.42. The van der Waals surface area contributed by atoms with Crippen LogP contribution in [0.2, 0.25) is 5.02 Å². The molecule has 0 spiro atoms. The first-order valence-electron chi connectivity index (χ1n) is 15.5. The van der Waals surface area contributed by atoms with Crippen LogP contribution >= 0.6 is 11.6 Å². The number of fused-ring (bicyclic) bond motifs is 1. The molecule has 2 saturated heterocycles. The molecule has 246 valence electrons. The van der Waals surface area contributed by atoms with Crippen LogP contribution < -0.4 is 19.1 Å². The molecule has 6 rings (SSSR count). The lowest BCUT2D eigenvalue weighted by molar-refractivity contribution is 0.0733. The molecule has 0 bridgehead atoms. The number of rotatable bonds is 11. The SMILES string of the molecule is COc1cc2c(CCN3CCN(c4cccc(Cl)c4C)CC3)nn(Cc3ccc(NS(=O)(=O)N4CCOCC4)cc3)c2cc1OC. The summed E-state index contributed by atoms with van der Waals surface area (Å²) in [6, 6.07) is 17.5. The highest BCUT2D eigenvalue weighted by molar-refractivity contribution is 7.90. The maximum absolute atomic E-state index is 12.8. The largest absolute Gasteiger partial charge is 0.493 e. The first kappa shape index (κ1) is 32.4. The Morgan fingerprint density at radius 3 is 2.33 bits per heavy atom. The Hall–Kier alpha value is -3.55. The van der Waals surface area contributed by atoms with Crippen molar-refractivity contribution in [3.63, 3.8) is 0 Å². The van der Waals surface area contributed by atoms with Crippen molar-refractivity contribution in [1.29, 1.82) is 0 Å². The summed E-state index contributed by atoms with van der Waals surface area (Å²) in [4.78, 5) is 4.90. The van der Waals surface area contributed by atoms with Crippen molar-refractivity contribution in [1.82, 2.24) is 19.0 Å². The number of hydrogen-bond acceptors (Lipinski definition) is 8. The molecule has 0 saturated carbocycles. The van der Waals surface area contributed by atoms with E-state index in [-0.39, 0.29) is 0 Å². The second-order valence-electron chi connectivity index (χ2n) is 11.6. The van der Waals surface area contributed by atoms with Crippen LogP contribution in [0.5, 0.6) is 11.5 Å². The quantitative estimate of drug-likeness (QED) is 0.251. The number of piperazine rings is 1. The minimum absolute atomic E-state index is 0.343. The molecule has 1 N–H and O–H groups in total. The molecule has 0 amide bonds. The highest BCUT2D eigenvalue weighted by Gasteiger charge is 2.24. The number of morpholine rings is 1. The van der Waals surface area contributed by atoms with Gasteiger partial charge in [0.2, 0.25) is 0 Å². The number of hydrogen-bond donors (Lipinski definition) is 1. The predicted molar refractivity (Wildman–Crippen MR) is 182 cm³/mol. The van der Waals surface area contributed by atoms with Gasteiger partial charge in [-0.25, -0.2) is 0 Å². The summed E-state index contributed by atoms with van der Waals surface area (Å²) >= 11 is 6.38. The maximum atomic E-state index is 12.8. The highest BCUT2D eigenvalue weighted by atomic mass is 35.5. The van der Waals surface area contributed by atoms with Crippen molar-refractivity contribution >= 4 is 44.1 Å². The molecule has 46 heavy (non-hydrogen) atoms. The summed E-state index contributed by atoms with van der Waals surface area (Å²) in [5.74, 6) is 1.31. The molecule has 4 aromatic rings. The topological polar surface area (TPSA) is 101 Å². The van der Waals surface area contributed by atoms with Crippen LogP contribution in [0.3, 0.4) is 0 Å². The van der Waals surface area contributed by atoms with E-state index >= 15 is 0 Å². The summed E-state index contributed by atoms with van der Waals surface area (Å²) in [6.07, 6.45) is 0.789. The van der Waals surface area contributed by atoms with E-state index in [4.69, 9.17) is 30.9 Å². The van der Waals surface area contributed by atoms with E-state index in [1.807, 2.05) is 41.1 Å². The summed E-state index contributed by atoms with van der Waals surface area (Å²) < 4.78 is 48.2. The van der Waals surface area contributed by atoms with Crippen molar-refractivity contribution in [2.75, 3.05) is 82.9 Å². The Labute approximate surface area is 275 Å². The van der Waals surface area contributed by atoms with Gasteiger partial charge in [0.25, 0.3) is 0 Å². The molecule has 0 atom stereocenters. The number of halogens is 1. The number of aromatic nitrogens is 2. The maximum Gasteiger partial charge on any atom is 0.301 e.